The lowest BCUT2D eigenvalue weighted by Crippen LogP contribution is -2.09. The van der Waals surface area contributed by atoms with Gasteiger partial charge in [-0.15, -0.1) is 11.3 Å². The second kappa shape index (κ2) is 6.70. The van der Waals surface area contributed by atoms with Gasteiger partial charge in [-0.3, -0.25) is 9.78 Å². The van der Waals surface area contributed by atoms with E-state index in [1.54, 1.807) is 20.0 Å². The van der Waals surface area contributed by atoms with E-state index in [9.17, 15) is 4.79 Å². The molecular weight excluding hydrogens is 314 g/mol. The van der Waals surface area contributed by atoms with E-state index in [2.05, 4.69) is 15.1 Å². The van der Waals surface area contributed by atoms with Gasteiger partial charge < -0.3 is 9.26 Å². The quantitative estimate of drug-likeness (QED) is 0.669. The Morgan fingerprint density at radius 2 is 2.22 bits per heavy atom. The summed E-state index contributed by atoms with van der Waals surface area (Å²) >= 11 is 1.47. The molecule has 6 nitrogen and oxygen atoms in total. The molecule has 0 saturated carbocycles. The first kappa shape index (κ1) is 15.4. The zero-order chi connectivity index (χ0) is 16.2. The number of carbonyl (C=O) groups is 1. The molecule has 118 valence electrons. The monoisotopic (exact) mass is 329 g/mol. The summed E-state index contributed by atoms with van der Waals surface area (Å²) < 4.78 is 10.3. The van der Waals surface area contributed by atoms with Crippen molar-refractivity contribution in [2.45, 2.75) is 26.9 Å². The number of thiazole rings is 1. The Hall–Kier alpha value is -2.54. The second-order valence-electron chi connectivity index (χ2n) is 5.00. The van der Waals surface area contributed by atoms with E-state index in [1.807, 2.05) is 23.6 Å². The largest absolute Gasteiger partial charge is 0.459 e. The first-order valence-corrected chi connectivity index (χ1v) is 7.94. The Balaban J connectivity index is 1.59. The fourth-order valence-electron chi connectivity index (χ4n) is 2.08. The van der Waals surface area contributed by atoms with Gasteiger partial charge in [-0.25, -0.2) is 4.98 Å². The lowest BCUT2D eigenvalue weighted by molar-refractivity contribution is -0.144. The maximum atomic E-state index is 11.9. The van der Waals surface area contributed by atoms with Crippen LogP contribution in [0.3, 0.4) is 0 Å². The number of carbonyl (C=O) groups excluding carboxylic acids is 1. The Labute approximate surface area is 137 Å². The predicted octanol–water partition coefficient (Wildman–Crippen LogP) is 3.10. The average molecular weight is 329 g/mol. The molecule has 3 heterocycles. The van der Waals surface area contributed by atoms with Crippen LogP contribution in [-0.2, 0) is 22.6 Å². The summed E-state index contributed by atoms with van der Waals surface area (Å²) in [5.74, 6) is 0.317. The van der Waals surface area contributed by atoms with E-state index in [-0.39, 0.29) is 19.0 Å². The molecule has 0 aromatic carbocycles. The topological polar surface area (TPSA) is 78.1 Å². The van der Waals surface area contributed by atoms with Gasteiger partial charge in [0.25, 0.3) is 0 Å². The first-order valence-electron chi connectivity index (χ1n) is 7.06. The highest BCUT2D eigenvalue weighted by Gasteiger charge is 2.15. The summed E-state index contributed by atoms with van der Waals surface area (Å²) in [5.41, 5.74) is 3.02. The number of nitrogens with zero attached hydrogens (tertiary/aromatic N) is 3. The van der Waals surface area contributed by atoms with Gasteiger partial charge in [0.05, 0.1) is 23.5 Å². The van der Waals surface area contributed by atoms with Crippen molar-refractivity contribution in [2.24, 2.45) is 0 Å². The van der Waals surface area contributed by atoms with Gasteiger partial charge in [0.1, 0.15) is 17.4 Å². The van der Waals surface area contributed by atoms with Crippen molar-refractivity contribution in [3.8, 4) is 10.7 Å². The number of rotatable bonds is 5. The minimum Gasteiger partial charge on any atom is -0.459 e. The summed E-state index contributed by atoms with van der Waals surface area (Å²) in [5, 5.41) is 6.50. The van der Waals surface area contributed by atoms with Gasteiger partial charge in [-0.05, 0) is 26.0 Å². The van der Waals surface area contributed by atoms with Gasteiger partial charge >= 0.3 is 5.97 Å². The number of pyridine rings is 1. The first-order chi connectivity index (χ1) is 11.1. The molecule has 23 heavy (non-hydrogen) atoms. The molecule has 0 fully saturated rings. The molecule has 0 amide bonds. The van der Waals surface area contributed by atoms with E-state index in [0.717, 1.165) is 16.3 Å². The minimum atomic E-state index is -0.327. The summed E-state index contributed by atoms with van der Waals surface area (Å²) in [6.45, 7) is 3.73. The van der Waals surface area contributed by atoms with Crippen LogP contribution in [0.1, 0.15) is 22.7 Å². The molecule has 0 radical (unpaired) electrons. The van der Waals surface area contributed by atoms with Crippen LogP contribution in [0.5, 0.6) is 0 Å². The number of hydrogen-bond acceptors (Lipinski definition) is 7. The second-order valence-corrected chi connectivity index (χ2v) is 5.86. The third kappa shape index (κ3) is 3.62. The van der Waals surface area contributed by atoms with Gasteiger partial charge in [0, 0.05) is 17.1 Å². The maximum absolute atomic E-state index is 11.9. The Kier molecular flexibility index (Phi) is 4.47. The molecule has 0 aliphatic rings. The maximum Gasteiger partial charge on any atom is 0.310 e. The van der Waals surface area contributed by atoms with Crippen molar-refractivity contribution < 1.29 is 14.1 Å². The summed E-state index contributed by atoms with van der Waals surface area (Å²) in [7, 11) is 0. The van der Waals surface area contributed by atoms with E-state index < -0.39 is 0 Å². The van der Waals surface area contributed by atoms with Crippen LogP contribution < -0.4 is 0 Å². The normalized spacial score (nSPS) is 10.7. The highest BCUT2D eigenvalue weighted by atomic mass is 32.1. The number of aryl methyl sites for hydroxylation is 2. The molecule has 3 aromatic rings. The minimum absolute atomic E-state index is 0.144. The Morgan fingerprint density at radius 3 is 2.91 bits per heavy atom. The van der Waals surface area contributed by atoms with Crippen molar-refractivity contribution in [1.29, 1.82) is 0 Å². The van der Waals surface area contributed by atoms with Crippen molar-refractivity contribution in [3.63, 3.8) is 0 Å². The van der Waals surface area contributed by atoms with Gasteiger partial charge in [0.2, 0.25) is 0 Å². The molecule has 0 saturated heterocycles. The molecule has 3 rings (SSSR count). The van der Waals surface area contributed by atoms with Crippen LogP contribution in [0.15, 0.2) is 34.3 Å². The molecule has 0 N–H and O–H groups in total. The van der Waals surface area contributed by atoms with Crippen LogP contribution in [-0.4, -0.2) is 21.1 Å². The van der Waals surface area contributed by atoms with Crippen LogP contribution >= 0.6 is 11.3 Å². The molecule has 0 aliphatic heterocycles. The van der Waals surface area contributed by atoms with Crippen LogP contribution in [0.25, 0.3) is 10.7 Å². The molecule has 0 aliphatic carbocycles. The van der Waals surface area contributed by atoms with E-state index in [1.165, 1.54) is 11.3 Å². The molecule has 0 atom stereocenters. The molecule has 3 aromatic heterocycles. The van der Waals surface area contributed by atoms with Crippen LogP contribution in [0.4, 0.5) is 0 Å². The summed E-state index contributed by atoms with van der Waals surface area (Å²) in [6.07, 6.45) is 1.87. The van der Waals surface area contributed by atoms with Crippen molar-refractivity contribution in [3.05, 3.63) is 52.5 Å². The highest BCUT2D eigenvalue weighted by molar-refractivity contribution is 7.13. The average Bonchev–Trinajstić information content (AvgIpc) is 3.16. The highest BCUT2D eigenvalue weighted by Crippen LogP contribution is 2.22. The number of hydrogen-bond donors (Lipinski definition) is 0. The predicted molar refractivity (Wildman–Crippen MR) is 84.8 cm³/mol. The Morgan fingerprint density at radius 1 is 1.35 bits per heavy atom. The number of aromatic nitrogens is 3. The standard InChI is InChI=1S/C16H15N3O3S/c1-10-13(11(2)22-19-10)7-15(20)21-8-12-9-23-16(18-12)14-5-3-4-6-17-14/h3-6,9H,7-8H2,1-2H3. The van der Waals surface area contributed by atoms with Gasteiger partial charge in [0.15, 0.2) is 0 Å². The van der Waals surface area contributed by atoms with E-state index in [4.69, 9.17) is 9.26 Å². The lowest BCUT2D eigenvalue weighted by Gasteiger charge is -2.02. The van der Waals surface area contributed by atoms with Crippen LogP contribution in [0.2, 0.25) is 0 Å². The zero-order valence-corrected chi connectivity index (χ0v) is 13.6. The molecular formula is C16H15N3O3S. The SMILES string of the molecule is Cc1noc(C)c1CC(=O)OCc1csc(-c2ccccn2)n1. The third-order valence-corrected chi connectivity index (χ3v) is 4.23. The third-order valence-electron chi connectivity index (χ3n) is 3.32. The van der Waals surface area contributed by atoms with Crippen molar-refractivity contribution in [1.82, 2.24) is 15.1 Å². The summed E-state index contributed by atoms with van der Waals surface area (Å²) in [4.78, 5) is 20.6. The van der Waals surface area contributed by atoms with Crippen LogP contribution in [0, 0.1) is 13.8 Å². The number of ether oxygens (including phenoxy) is 1. The van der Waals surface area contributed by atoms with Crippen molar-refractivity contribution in [2.75, 3.05) is 0 Å². The fraction of sp³-hybridized carbons (Fsp3) is 0.250. The molecule has 0 spiro atoms. The molecule has 0 bridgehead atoms. The number of esters is 1. The summed E-state index contributed by atoms with van der Waals surface area (Å²) in [6, 6.07) is 5.66. The van der Waals surface area contributed by atoms with E-state index in [0.29, 0.717) is 17.1 Å². The van der Waals surface area contributed by atoms with Gasteiger partial charge in [-0.1, -0.05) is 11.2 Å². The zero-order valence-electron chi connectivity index (χ0n) is 12.8. The Bertz CT molecular complexity index is 792. The lowest BCUT2D eigenvalue weighted by atomic mass is 10.1. The smallest absolute Gasteiger partial charge is 0.310 e. The van der Waals surface area contributed by atoms with E-state index >= 15 is 0 Å². The molecule has 0 unspecified atom stereocenters. The van der Waals surface area contributed by atoms with Crippen molar-refractivity contribution >= 4 is 17.3 Å². The molecule has 7 heteroatoms. The fourth-order valence-corrected chi connectivity index (χ4v) is 2.86. The van der Waals surface area contributed by atoms with Gasteiger partial charge in [-0.2, -0.15) is 0 Å².